The number of imide groups is 1. The van der Waals surface area contributed by atoms with Crippen LogP contribution in [-0.2, 0) is 9.59 Å². The maximum Gasteiger partial charge on any atom is 0.239 e. The number of nitrogens with zero attached hydrogens (tertiary/aromatic N) is 2. The summed E-state index contributed by atoms with van der Waals surface area (Å²) in [6.45, 7) is 0. The Hall–Kier alpha value is -1.82. The fourth-order valence-electron chi connectivity index (χ4n) is 4.64. The monoisotopic (exact) mass is 384 g/mol. The summed E-state index contributed by atoms with van der Waals surface area (Å²) < 4.78 is 0. The first-order valence-electron chi connectivity index (χ1n) is 8.68. The molecule has 5 rings (SSSR count). The van der Waals surface area contributed by atoms with Crippen LogP contribution in [0.2, 0.25) is 5.02 Å². The highest BCUT2D eigenvalue weighted by molar-refractivity contribution is 7.99. The van der Waals surface area contributed by atoms with Gasteiger partial charge in [-0.3, -0.25) is 14.5 Å². The molecule has 3 fully saturated rings. The van der Waals surface area contributed by atoms with E-state index >= 15 is 0 Å². The molecule has 0 spiro atoms. The van der Waals surface area contributed by atoms with Gasteiger partial charge in [-0.1, -0.05) is 41.9 Å². The van der Waals surface area contributed by atoms with E-state index in [0.29, 0.717) is 10.7 Å². The molecule has 0 N–H and O–H groups in total. The molecule has 2 aromatic carbocycles. The lowest BCUT2D eigenvalue weighted by Gasteiger charge is -2.28. The Morgan fingerprint density at radius 2 is 1.73 bits per heavy atom. The van der Waals surface area contributed by atoms with E-state index < -0.39 is 0 Å². The Bertz CT molecular complexity index is 890. The summed E-state index contributed by atoms with van der Waals surface area (Å²) in [6, 6.07) is 17.0. The van der Waals surface area contributed by atoms with E-state index in [1.807, 2.05) is 66.4 Å². The Balaban J connectivity index is 1.60. The first-order valence-corrected chi connectivity index (χ1v) is 10.2. The molecular formula is C20H17ClN2O2S. The summed E-state index contributed by atoms with van der Waals surface area (Å²) in [7, 11) is 0. The SMILES string of the molecule is O=C1[C@@H]2[C@@H](C(=O)N1c1ccccc1)[C@H](c1cccc(Cl)c1)N1CSC[C@H]21. The minimum Gasteiger partial charge on any atom is -0.282 e. The van der Waals surface area contributed by atoms with Crippen molar-refractivity contribution in [2.24, 2.45) is 11.8 Å². The molecule has 132 valence electrons. The lowest BCUT2D eigenvalue weighted by molar-refractivity contribution is -0.123. The van der Waals surface area contributed by atoms with Crippen LogP contribution in [0.4, 0.5) is 5.69 Å². The summed E-state index contributed by atoms with van der Waals surface area (Å²) >= 11 is 8.04. The third-order valence-electron chi connectivity index (χ3n) is 5.67. The van der Waals surface area contributed by atoms with Gasteiger partial charge in [-0.25, -0.2) is 4.90 Å². The Kier molecular flexibility index (Phi) is 3.85. The smallest absolute Gasteiger partial charge is 0.239 e. The normalized spacial score (nSPS) is 30.7. The minimum absolute atomic E-state index is 0.0618. The predicted molar refractivity (Wildman–Crippen MR) is 103 cm³/mol. The van der Waals surface area contributed by atoms with E-state index in [9.17, 15) is 9.59 Å². The highest BCUT2D eigenvalue weighted by Gasteiger charge is 2.63. The molecule has 3 heterocycles. The second-order valence-electron chi connectivity index (χ2n) is 6.98. The maximum atomic E-state index is 13.3. The average molecular weight is 385 g/mol. The van der Waals surface area contributed by atoms with Crippen LogP contribution in [0.1, 0.15) is 11.6 Å². The number of para-hydroxylation sites is 1. The minimum atomic E-state index is -0.341. The number of anilines is 1. The van der Waals surface area contributed by atoms with Crippen molar-refractivity contribution < 1.29 is 9.59 Å². The van der Waals surface area contributed by atoms with Crippen molar-refractivity contribution in [3.63, 3.8) is 0 Å². The van der Waals surface area contributed by atoms with Crippen molar-refractivity contribution in [3.05, 3.63) is 65.2 Å². The third kappa shape index (κ3) is 2.27. The fourth-order valence-corrected chi connectivity index (χ4v) is 6.15. The van der Waals surface area contributed by atoms with Crippen molar-refractivity contribution >= 4 is 40.9 Å². The second-order valence-corrected chi connectivity index (χ2v) is 8.42. The lowest BCUT2D eigenvalue weighted by atomic mass is 9.87. The average Bonchev–Trinajstić information content (AvgIpc) is 3.28. The summed E-state index contributed by atoms with van der Waals surface area (Å²) in [5, 5.41) is 0.658. The molecule has 0 aromatic heterocycles. The number of hydrogen-bond acceptors (Lipinski definition) is 4. The quantitative estimate of drug-likeness (QED) is 0.742. The van der Waals surface area contributed by atoms with Crippen molar-refractivity contribution in [1.82, 2.24) is 4.90 Å². The largest absolute Gasteiger partial charge is 0.282 e. The number of carbonyl (C=O) groups excluding carboxylic acids is 2. The van der Waals surface area contributed by atoms with E-state index in [1.165, 1.54) is 4.90 Å². The van der Waals surface area contributed by atoms with E-state index in [1.54, 1.807) is 0 Å². The number of amides is 2. The molecule has 3 saturated heterocycles. The molecule has 0 saturated carbocycles. The number of hydrogen-bond donors (Lipinski definition) is 0. The molecule has 0 bridgehead atoms. The van der Waals surface area contributed by atoms with Crippen LogP contribution in [0.5, 0.6) is 0 Å². The topological polar surface area (TPSA) is 40.6 Å². The molecule has 26 heavy (non-hydrogen) atoms. The summed E-state index contributed by atoms with van der Waals surface area (Å²) in [6.07, 6.45) is 0. The molecule has 2 amide bonds. The number of carbonyl (C=O) groups is 2. The Labute approximate surface area is 161 Å². The van der Waals surface area contributed by atoms with Crippen LogP contribution in [0.3, 0.4) is 0 Å². The zero-order valence-corrected chi connectivity index (χ0v) is 15.5. The van der Waals surface area contributed by atoms with Gasteiger partial charge in [-0.2, -0.15) is 0 Å². The van der Waals surface area contributed by atoms with Gasteiger partial charge in [0.1, 0.15) is 0 Å². The van der Waals surface area contributed by atoms with E-state index in [0.717, 1.165) is 17.2 Å². The molecule has 6 heteroatoms. The van der Waals surface area contributed by atoms with E-state index in [4.69, 9.17) is 11.6 Å². The fraction of sp³-hybridized carbons (Fsp3) is 0.300. The summed E-state index contributed by atoms with van der Waals surface area (Å²) in [5.74, 6) is 0.971. The first kappa shape index (κ1) is 16.4. The Morgan fingerprint density at radius 3 is 2.50 bits per heavy atom. The highest BCUT2D eigenvalue weighted by Crippen LogP contribution is 2.54. The predicted octanol–water partition coefficient (Wildman–Crippen LogP) is 3.58. The lowest BCUT2D eigenvalue weighted by Crippen LogP contribution is -2.40. The van der Waals surface area contributed by atoms with Crippen molar-refractivity contribution in [1.29, 1.82) is 0 Å². The Morgan fingerprint density at radius 1 is 0.962 bits per heavy atom. The summed E-state index contributed by atoms with van der Waals surface area (Å²) in [4.78, 5) is 30.3. The molecule has 3 aliphatic rings. The molecule has 2 aromatic rings. The standard InChI is InChI=1S/C20H17ClN2O2S/c21-13-6-4-5-12(9-13)18-17-16(15-10-26-11-22(15)18)19(24)23(20(17)25)14-7-2-1-3-8-14/h1-9,15-18H,10-11H2/t15-,16+,17-,18+/m1/s1. The number of benzene rings is 2. The molecule has 0 radical (unpaired) electrons. The van der Waals surface area contributed by atoms with Crippen LogP contribution < -0.4 is 4.90 Å². The van der Waals surface area contributed by atoms with Gasteiger partial charge >= 0.3 is 0 Å². The van der Waals surface area contributed by atoms with Crippen LogP contribution >= 0.6 is 23.4 Å². The number of rotatable bonds is 2. The van der Waals surface area contributed by atoms with Crippen LogP contribution in [0, 0.1) is 11.8 Å². The maximum absolute atomic E-state index is 13.3. The molecule has 0 aliphatic carbocycles. The van der Waals surface area contributed by atoms with Crippen LogP contribution in [-0.4, -0.2) is 34.4 Å². The van der Waals surface area contributed by atoms with Gasteiger partial charge < -0.3 is 0 Å². The molecule has 4 nitrogen and oxygen atoms in total. The van der Waals surface area contributed by atoms with Gasteiger partial charge in [-0.15, -0.1) is 11.8 Å². The van der Waals surface area contributed by atoms with Crippen molar-refractivity contribution in [2.75, 3.05) is 16.5 Å². The first-order chi connectivity index (χ1) is 12.7. The van der Waals surface area contributed by atoms with Gasteiger partial charge in [-0.05, 0) is 29.8 Å². The van der Waals surface area contributed by atoms with Gasteiger partial charge in [0, 0.05) is 28.7 Å². The zero-order chi connectivity index (χ0) is 17.8. The van der Waals surface area contributed by atoms with Crippen molar-refractivity contribution in [2.45, 2.75) is 12.1 Å². The summed E-state index contributed by atoms with van der Waals surface area (Å²) in [5.41, 5.74) is 1.69. The number of halogens is 1. The van der Waals surface area contributed by atoms with Gasteiger partial charge in [0.05, 0.1) is 17.5 Å². The van der Waals surface area contributed by atoms with Crippen LogP contribution in [0.15, 0.2) is 54.6 Å². The molecule has 3 aliphatic heterocycles. The number of fused-ring (bicyclic) bond motifs is 3. The van der Waals surface area contributed by atoms with Crippen molar-refractivity contribution in [3.8, 4) is 0 Å². The third-order valence-corrected chi connectivity index (χ3v) is 6.96. The van der Waals surface area contributed by atoms with Gasteiger partial charge in [0.25, 0.3) is 0 Å². The second kappa shape index (κ2) is 6.12. The van der Waals surface area contributed by atoms with Gasteiger partial charge in [0.2, 0.25) is 11.8 Å². The molecule has 4 atom stereocenters. The highest BCUT2D eigenvalue weighted by atomic mass is 35.5. The van der Waals surface area contributed by atoms with Gasteiger partial charge in [0.15, 0.2) is 0 Å². The van der Waals surface area contributed by atoms with Crippen LogP contribution in [0.25, 0.3) is 0 Å². The van der Waals surface area contributed by atoms with E-state index in [-0.39, 0.29) is 35.7 Å². The molecule has 0 unspecified atom stereocenters. The van der Waals surface area contributed by atoms with E-state index in [2.05, 4.69) is 4.90 Å². The molecular weight excluding hydrogens is 368 g/mol. The number of thioether (sulfide) groups is 1. The zero-order valence-electron chi connectivity index (χ0n) is 13.9.